The van der Waals surface area contributed by atoms with Crippen molar-refractivity contribution in [1.29, 1.82) is 0 Å². The molecule has 1 heterocycles. The number of fused-ring (bicyclic) bond motifs is 1. The van der Waals surface area contributed by atoms with Crippen molar-refractivity contribution in [1.82, 2.24) is 0 Å². The van der Waals surface area contributed by atoms with Crippen LogP contribution < -0.4 is 10.1 Å². The number of nitrogens with one attached hydrogen (secondary N) is 1. The lowest BCUT2D eigenvalue weighted by atomic mass is 9.73. The molecular formula is C29H39NO5S. The van der Waals surface area contributed by atoms with Crippen molar-refractivity contribution in [3.63, 3.8) is 0 Å². The van der Waals surface area contributed by atoms with Crippen molar-refractivity contribution in [3.8, 4) is 5.75 Å². The van der Waals surface area contributed by atoms with Gasteiger partial charge in [0.2, 0.25) is 0 Å². The van der Waals surface area contributed by atoms with Crippen LogP contribution in [0.3, 0.4) is 0 Å². The maximum atomic E-state index is 12.2. The lowest BCUT2D eigenvalue weighted by Crippen LogP contribution is -2.37. The van der Waals surface area contributed by atoms with Crippen LogP contribution in [0.5, 0.6) is 5.75 Å². The average Bonchev–Trinajstić information content (AvgIpc) is 3.71. The molecule has 196 valence electrons. The van der Waals surface area contributed by atoms with E-state index in [0.717, 1.165) is 80.5 Å². The predicted octanol–water partition coefficient (Wildman–Crippen LogP) is 8.18. The summed E-state index contributed by atoms with van der Waals surface area (Å²) < 4.78 is 30.1. The van der Waals surface area contributed by atoms with Gasteiger partial charge in [0.05, 0.1) is 28.2 Å². The van der Waals surface area contributed by atoms with Gasteiger partial charge in [0.15, 0.2) is 0 Å². The Hall–Kier alpha value is -2.48. The molecule has 2 aliphatic rings. The van der Waals surface area contributed by atoms with Crippen LogP contribution in [0.4, 0.5) is 5.69 Å². The predicted molar refractivity (Wildman–Crippen MR) is 146 cm³/mol. The third-order valence-corrected chi connectivity index (χ3v) is 9.95. The minimum atomic E-state index is -3.31. The van der Waals surface area contributed by atoms with E-state index < -0.39 is 21.8 Å². The fourth-order valence-corrected chi connectivity index (χ4v) is 8.12. The fraction of sp³-hybridized carbons (Fsp3) is 0.483. The summed E-state index contributed by atoms with van der Waals surface area (Å²) >= 11 is 0. The lowest BCUT2D eigenvalue weighted by Gasteiger charge is -2.50. The lowest BCUT2D eigenvalue weighted by molar-refractivity contribution is -0.131. The van der Waals surface area contributed by atoms with Gasteiger partial charge in [-0.05, 0) is 43.2 Å². The van der Waals surface area contributed by atoms with Gasteiger partial charge in [0.25, 0.3) is 0 Å². The molecule has 0 saturated heterocycles. The maximum absolute atomic E-state index is 12.2. The van der Waals surface area contributed by atoms with Crippen molar-refractivity contribution in [3.05, 3.63) is 65.9 Å². The van der Waals surface area contributed by atoms with Crippen LogP contribution in [-0.4, -0.2) is 26.7 Å². The average molecular weight is 514 g/mol. The van der Waals surface area contributed by atoms with Gasteiger partial charge >= 0.3 is 5.97 Å². The van der Waals surface area contributed by atoms with Crippen molar-refractivity contribution in [2.24, 2.45) is 5.41 Å². The molecule has 1 unspecified atom stereocenters. The first-order valence-corrected chi connectivity index (χ1v) is 14.7. The largest absolute Gasteiger partial charge is 0.478 e. The molecule has 1 aliphatic heterocycles. The second-order valence-corrected chi connectivity index (χ2v) is 12.3. The zero-order valence-corrected chi connectivity index (χ0v) is 22.1. The summed E-state index contributed by atoms with van der Waals surface area (Å²) in [6, 6.07) is 13.7. The zero-order chi connectivity index (χ0) is 25.8. The third-order valence-electron chi connectivity index (χ3n) is 7.53. The normalized spacial score (nSPS) is 21.3. The molecule has 0 amide bonds. The van der Waals surface area contributed by atoms with E-state index in [-0.39, 0.29) is 5.41 Å². The molecule has 1 aliphatic carbocycles. The van der Waals surface area contributed by atoms with Crippen LogP contribution in [-0.2, 0) is 4.79 Å². The van der Waals surface area contributed by atoms with Crippen molar-refractivity contribution >= 4 is 22.2 Å². The highest BCUT2D eigenvalue weighted by Crippen LogP contribution is 2.71. The highest BCUT2D eigenvalue weighted by Gasteiger charge is 2.49. The van der Waals surface area contributed by atoms with E-state index >= 15 is 0 Å². The van der Waals surface area contributed by atoms with E-state index in [2.05, 4.69) is 19.2 Å². The summed E-state index contributed by atoms with van der Waals surface area (Å²) in [5, 5.41) is 12.2. The SMILES string of the molecule is CCCCC1(CCCC)CNc2cc(C3CC3)c(O/C=C/C(=O)O)cc2S(O)(O)C1c1ccccc1. The summed E-state index contributed by atoms with van der Waals surface area (Å²) in [7, 11) is -3.31. The van der Waals surface area contributed by atoms with Crippen molar-refractivity contribution < 1.29 is 23.7 Å². The second kappa shape index (κ2) is 11.3. The van der Waals surface area contributed by atoms with Gasteiger partial charge in [-0.25, -0.2) is 4.79 Å². The number of ether oxygens (including phenoxy) is 1. The highest BCUT2D eigenvalue weighted by molar-refractivity contribution is 8.24. The topological polar surface area (TPSA) is 99.0 Å². The molecule has 4 N–H and O–H groups in total. The van der Waals surface area contributed by atoms with Crippen LogP contribution in [0.2, 0.25) is 0 Å². The van der Waals surface area contributed by atoms with Crippen LogP contribution in [0.1, 0.15) is 87.5 Å². The summed E-state index contributed by atoms with van der Waals surface area (Å²) in [4.78, 5) is 11.4. The Morgan fingerprint density at radius 2 is 1.78 bits per heavy atom. The zero-order valence-electron chi connectivity index (χ0n) is 21.3. The van der Waals surface area contributed by atoms with Crippen LogP contribution in [0, 0.1) is 5.41 Å². The molecule has 1 atom stereocenters. The van der Waals surface area contributed by atoms with Crippen molar-refractivity contribution in [2.45, 2.75) is 81.3 Å². The Bertz CT molecular complexity index is 1070. The fourth-order valence-electron chi connectivity index (χ4n) is 5.58. The molecule has 6 nitrogen and oxygen atoms in total. The Kier molecular flexibility index (Phi) is 8.33. The van der Waals surface area contributed by atoms with E-state index in [0.29, 0.717) is 23.1 Å². The first-order valence-electron chi connectivity index (χ1n) is 13.1. The molecule has 36 heavy (non-hydrogen) atoms. The molecule has 0 bridgehead atoms. The van der Waals surface area contributed by atoms with Gasteiger partial charge in [-0.2, -0.15) is 10.6 Å². The molecule has 2 aromatic carbocycles. The van der Waals surface area contributed by atoms with Gasteiger partial charge in [0.1, 0.15) is 5.75 Å². The number of anilines is 1. The van der Waals surface area contributed by atoms with E-state index in [9.17, 15) is 13.9 Å². The number of aliphatic carboxylic acids is 1. The van der Waals surface area contributed by atoms with Gasteiger partial charge in [-0.3, -0.25) is 9.11 Å². The number of benzene rings is 2. The number of carboxylic acids is 1. The third kappa shape index (κ3) is 5.58. The molecule has 0 aromatic heterocycles. The van der Waals surface area contributed by atoms with Crippen molar-refractivity contribution in [2.75, 3.05) is 11.9 Å². The Labute approximate surface area is 216 Å². The highest BCUT2D eigenvalue weighted by atomic mass is 32.3. The van der Waals surface area contributed by atoms with E-state index in [4.69, 9.17) is 9.84 Å². The van der Waals surface area contributed by atoms with E-state index in [1.165, 1.54) is 0 Å². The summed E-state index contributed by atoms with van der Waals surface area (Å²) in [6.07, 6.45) is 10.1. The van der Waals surface area contributed by atoms with Gasteiger partial charge in [0, 0.05) is 23.6 Å². The molecular weight excluding hydrogens is 474 g/mol. The Balaban J connectivity index is 1.87. The molecule has 4 rings (SSSR count). The number of unbranched alkanes of at least 4 members (excludes halogenated alkanes) is 2. The molecule has 1 saturated carbocycles. The number of rotatable bonds is 11. The summed E-state index contributed by atoms with van der Waals surface area (Å²) in [5.74, 6) is -0.258. The number of carbonyl (C=O) groups is 1. The monoisotopic (exact) mass is 513 g/mol. The molecule has 1 fully saturated rings. The smallest absolute Gasteiger partial charge is 0.331 e. The molecule has 2 aromatic rings. The molecule has 0 radical (unpaired) electrons. The van der Waals surface area contributed by atoms with Gasteiger partial charge < -0.3 is 15.2 Å². The summed E-state index contributed by atoms with van der Waals surface area (Å²) in [5.41, 5.74) is 2.35. The van der Waals surface area contributed by atoms with E-state index in [1.807, 2.05) is 36.4 Å². The number of carboxylic acid groups (broad SMARTS) is 1. The number of hydrogen-bond donors (Lipinski definition) is 4. The standard InChI is InChI=1S/C29H39NO5S/c1-3-5-15-29(16-6-4-2)20-30-24-18-23(21-12-13-21)25(35-17-14-27(31)32)19-26(24)36(33,34)28(29)22-10-8-7-9-11-22/h7-11,14,17-19,21,28,30,33-34H,3-6,12-13,15-16,20H2,1-2H3,(H,31,32)/b17-14+. The minimum Gasteiger partial charge on any atom is -0.478 e. The Morgan fingerprint density at radius 1 is 1.11 bits per heavy atom. The van der Waals surface area contributed by atoms with Crippen LogP contribution >= 0.6 is 10.6 Å². The Morgan fingerprint density at radius 3 is 2.36 bits per heavy atom. The summed E-state index contributed by atoms with van der Waals surface area (Å²) in [6.45, 7) is 5.02. The first kappa shape index (κ1) is 26.6. The van der Waals surface area contributed by atoms with Gasteiger partial charge in [-0.15, -0.1) is 0 Å². The van der Waals surface area contributed by atoms with Gasteiger partial charge in [-0.1, -0.05) is 69.9 Å². The second-order valence-electron chi connectivity index (χ2n) is 10.2. The quantitative estimate of drug-likeness (QED) is 0.179. The van der Waals surface area contributed by atoms with Crippen LogP contribution in [0.15, 0.2) is 59.7 Å². The first-order chi connectivity index (χ1) is 17.3. The number of hydrogen-bond acceptors (Lipinski definition) is 5. The van der Waals surface area contributed by atoms with Crippen LogP contribution in [0.25, 0.3) is 0 Å². The molecule has 7 heteroatoms. The molecule has 0 spiro atoms. The maximum Gasteiger partial charge on any atom is 0.331 e. The van der Waals surface area contributed by atoms with E-state index in [1.54, 1.807) is 6.07 Å². The minimum absolute atomic E-state index is 0.324.